The maximum absolute atomic E-state index is 12.1. The summed E-state index contributed by atoms with van der Waals surface area (Å²) in [6.45, 7) is 2.58. The van der Waals surface area contributed by atoms with E-state index in [2.05, 4.69) is 4.74 Å². The maximum Gasteiger partial charge on any atom is 0.318 e. The molecule has 0 saturated heterocycles. The lowest BCUT2D eigenvalue weighted by Gasteiger charge is -2.23. The van der Waals surface area contributed by atoms with Gasteiger partial charge in [0.1, 0.15) is 5.92 Å². The van der Waals surface area contributed by atoms with Crippen molar-refractivity contribution in [1.29, 1.82) is 0 Å². The number of carbonyl (C=O) groups is 2. The van der Waals surface area contributed by atoms with Gasteiger partial charge in [0.2, 0.25) is 5.91 Å². The van der Waals surface area contributed by atoms with Crippen molar-refractivity contribution in [1.82, 2.24) is 4.90 Å². The number of ether oxygens (including phenoxy) is 1. The Labute approximate surface area is 110 Å². The largest absolute Gasteiger partial charge is 0.468 e. The highest BCUT2D eigenvalue weighted by atomic mass is 16.5. The molecular formula is C14H25NO3. The van der Waals surface area contributed by atoms with Gasteiger partial charge in [-0.15, -0.1) is 0 Å². The van der Waals surface area contributed by atoms with Crippen LogP contribution in [0.25, 0.3) is 0 Å². The van der Waals surface area contributed by atoms with Crippen molar-refractivity contribution in [2.45, 2.75) is 45.4 Å². The van der Waals surface area contributed by atoms with Crippen LogP contribution in [0.1, 0.15) is 45.4 Å². The molecule has 0 bridgehead atoms. The van der Waals surface area contributed by atoms with Crippen LogP contribution in [0, 0.1) is 11.8 Å². The lowest BCUT2D eigenvalue weighted by atomic mass is 10.0. The molecule has 0 heterocycles. The molecule has 0 aromatic carbocycles. The van der Waals surface area contributed by atoms with Gasteiger partial charge in [-0.05, 0) is 18.8 Å². The Morgan fingerprint density at radius 3 is 2.44 bits per heavy atom. The van der Waals surface area contributed by atoms with E-state index in [-0.39, 0.29) is 5.91 Å². The summed E-state index contributed by atoms with van der Waals surface area (Å²) in [5, 5.41) is 0. The van der Waals surface area contributed by atoms with Crippen LogP contribution in [0.3, 0.4) is 0 Å². The lowest BCUT2D eigenvalue weighted by Crippen LogP contribution is -2.38. The van der Waals surface area contributed by atoms with Gasteiger partial charge in [0.25, 0.3) is 0 Å². The van der Waals surface area contributed by atoms with Crippen molar-refractivity contribution in [2.75, 3.05) is 20.7 Å². The topological polar surface area (TPSA) is 46.6 Å². The summed E-state index contributed by atoms with van der Waals surface area (Å²) in [5.41, 5.74) is 0. The van der Waals surface area contributed by atoms with Crippen LogP contribution < -0.4 is 0 Å². The molecule has 1 aliphatic rings. The average Bonchev–Trinajstić information content (AvgIpc) is 2.89. The summed E-state index contributed by atoms with van der Waals surface area (Å²) >= 11 is 0. The predicted octanol–water partition coefficient (Wildman–Crippen LogP) is 2.22. The molecule has 1 atom stereocenters. The summed E-state index contributed by atoms with van der Waals surface area (Å²) in [4.78, 5) is 25.3. The second-order valence-corrected chi connectivity index (χ2v) is 5.18. The normalized spacial score (nSPS) is 17.5. The van der Waals surface area contributed by atoms with E-state index < -0.39 is 11.9 Å². The van der Waals surface area contributed by atoms with Crippen molar-refractivity contribution in [3.8, 4) is 0 Å². The third-order valence-electron chi connectivity index (χ3n) is 3.92. The van der Waals surface area contributed by atoms with Crippen LogP contribution in [0.5, 0.6) is 0 Å². The lowest BCUT2D eigenvalue weighted by molar-refractivity contribution is -0.153. The monoisotopic (exact) mass is 255 g/mol. The molecule has 1 saturated carbocycles. The molecule has 1 aliphatic carbocycles. The van der Waals surface area contributed by atoms with Crippen molar-refractivity contribution < 1.29 is 14.3 Å². The number of amides is 1. The number of esters is 1. The number of hydrogen-bond donors (Lipinski definition) is 0. The highest BCUT2D eigenvalue weighted by molar-refractivity contribution is 5.97. The quantitative estimate of drug-likeness (QED) is 0.540. The Morgan fingerprint density at radius 2 is 1.94 bits per heavy atom. The fraction of sp³-hybridized carbons (Fsp3) is 0.857. The molecule has 18 heavy (non-hydrogen) atoms. The Balaban J connectivity index is 2.40. The highest BCUT2D eigenvalue weighted by Crippen LogP contribution is 2.27. The van der Waals surface area contributed by atoms with Gasteiger partial charge in [0.15, 0.2) is 0 Å². The summed E-state index contributed by atoms with van der Waals surface area (Å²) in [6, 6.07) is 0. The summed E-state index contributed by atoms with van der Waals surface area (Å²) in [5.74, 6) is -0.403. The zero-order valence-corrected chi connectivity index (χ0v) is 11.8. The first-order valence-electron chi connectivity index (χ1n) is 6.93. The molecule has 1 rings (SSSR count). The molecule has 0 spiro atoms. The Bertz CT molecular complexity index is 285. The molecule has 0 radical (unpaired) electrons. The smallest absolute Gasteiger partial charge is 0.318 e. The molecular weight excluding hydrogens is 230 g/mol. The Hall–Kier alpha value is -1.06. The minimum absolute atomic E-state index is 0.109. The standard InChI is InChI=1S/C14H25NO3/c1-4-12(14(17)18-3)13(16)15(2)10-9-11-7-5-6-8-11/h11-12H,4-10H2,1-3H3. The first kappa shape index (κ1) is 15.0. The van der Waals surface area contributed by atoms with E-state index in [9.17, 15) is 9.59 Å². The molecule has 0 aromatic rings. The van der Waals surface area contributed by atoms with Crippen LogP contribution >= 0.6 is 0 Å². The molecule has 0 aliphatic heterocycles. The van der Waals surface area contributed by atoms with Crippen molar-refractivity contribution in [3.63, 3.8) is 0 Å². The maximum atomic E-state index is 12.1. The molecule has 4 nitrogen and oxygen atoms in total. The number of methoxy groups -OCH3 is 1. The summed E-state index contributed by atoms with van der Waals surface area (Å²) in [7, 11) is 3.11. The number of nitrogens with zero attached hydrogens (tertiary/aromatic N) is 1. The second-order valence-electron chi connectivity index (χ2n) is 5.18. The fourth-order valence-corrected chi connectivity index (χ4v) is 2.64. The Morgan fingerprint density at radius 1 is 1.33 bits per heavy atom. The molecule has 1 unspecified atom stereocenters. The first-order chi connectivity index (χ1) is 8.60. The Kier molecular flexibility index (Phi) is 6.16. The summed E-state index contributed by atoms with van der Waals surface area (Å²) in [6.07, 6.45) is 6.77. The minimum Gasteiger partial charge on any atom is -0.468 e. The van der Waals surface area contributed by atoms with Gasteiger partial charge in [0, 0.05) is 13.6 Å². The van der Waals surface area contributed by atoms with Gasteiger partial charge in [-0.3, -0.25) is 9.59 Å². The van der Waals surface area contributed by atoms with Crippen LogP contribution in [0.2, 0.25) is 0 Å². The van der Waals surface area contributed by atoms with E-state index in [1.54, 1.807) is 11.9 Å². The molecule has 4 heteroatoms. The fourth-order valence-electron chi connectivity index (χ4n) is 2.64. The molecule has 1 amide bonds. The molecule has 0 aromatic heterocycles. The van der Waals surface area contributed by atoms with Crippen LogP contribution in [-0.2, 0) is 14.3 Å². The third-order valence-corrected chi connectivity index (χ3v) is 3.92. The zero-order chi connectivity index (χ0) is 13.5. The number of rotatable bonds is 6. The average molecular weight is 255 g/mol. The first-order valence-corrected chi connectivity index (χ1v) is 6.93. The highest BCUT2D eigenvalue weighted by Gasteiger charge is 2.28. The zero-order valence-electron chi connectivity index (χ0n) is 11.8. The predicted molar refractivity (Wildman–Crippen MR) is 70.0 cm³/mol. The van der Waals surface area contributed by atoms with Crippen molar-refractivity contribution in [3.05, 3.63) is 0 Å². The van der Waals surface area contributed by atoms with E-state index in [0.717, 1.165) is 18.9 Å². The van der Waals surface area contributed by atoms with Gasteiger partial charge < -0.3 is 9.64 Å². The van der Waals surface area contributed by atoms with Gasteiger partial charge in [0.05, 0.1) is 7.11 Å². The van der Waals surface area contributed by atoms with Crippen molar-refractivity contribution >= 4 is 11.9 Å². The van der Waals surface area contributed by atoms with Gasteiger partial charge in [-0.25, -0.2) is 0 Å². The summed E-state index contributed by atoms with van der Waals surface area (Å²) < 4.78 is 4.67. The van der Waals surface area contributed by atoms with Gasteiger partial charge >= 0.3 is 5.97 Å². The number of hydrogen-bond acceptors (Lipinski definition) is 3. The third kappa shape index (κ3) is 4.00. The van der Waals surface area contributed by atoms with E-state index in [0.29, 0.717) is 6.42 Å². The van der Waals surface area contributed by atoms with Gasteiger partial charge in [-0.2, -0.15) is 0 Å². The SMILES string of the molecule is CCC(C(=O)OC)C(=O)N(C)CCC1CCCC1. The number of carbonyl (C=O) groups excluding carboxylic acids is 2. The second kappa shape index (κ2) is 7.39. The van der Waals surface area contributed by atoms with Crippen LogP contribution in [0.15, 0.2) is 0 Å². The molecule has 1 fully saturated rings. The van der Waals surface area contributed by atoms with Gasteiger partial charge in [-0.1, -0.05) is 32.6 Å². The van der Waals surface area contributed by atoms with Crippen LogP contribution in [-0.4, -0.2) is 37.5 Å². The minimum atomic E-state index is -0.636. The van der Waals surface area contributed by atoms with E-state index >= 15 is 0 Å². The van der Waals surface area contributed by atoms with E-state index in [1.165, 1.54) is 32.8 Å². The van der Waals surface area contributed by atoms with E-state index in [1.807, 2.05) is 6.92 Å². The molecule has 104 valence electrons. The molecule has 0 N–H and O–H groups in total. The van der Waals surface area contributed by atoms with E-state index in [4.69, 9.17) is 0 Å². The van der Waals surface area contributed by atoms with Crippen LogP contribution in [0.4, 0.5) is 0 Å². The van der Waals surface area contributed by atoms with Crippen molar-refractivity contribution in [2.24, 2.45) is 11.8 Å².